The highest BCUT2D eigenvalue weighted by Crippen LogP contribution is 2.15. The van der Waals surface area contributed by atoms with E-state index in [0.29, 0.717) is 0 Å². The Morgan fingerprint density at radius 3 is 2.58 bits per heavy atom. The fourth-order valence-electron chi connectivity index (χ4n) is 1.34. The van der Waals surface area contributed by atoms with Gasteiger partial charge in [0, 0.05) is 5.56 Å². The van der Waals surface area contributed by atoms with Gasteiger partial charge in [-0.1, -0.05) is 30.9 Å². The van der Waals surface area contributed by atoms with Gasteiger partial charge in [0.25, 0.3) is 0 Å². The van der Waals surface area contributed by atoms with Crippen LogP contribution in [0.25, 0.3) is 6.08 Å². The van der Waals surface area contributed by atoms with Crippen molar-refractivity contribution in [2.75, 3.05) is 0 Å². The van der Waals surface area contributed by atoms with Crippen molar-refractivity contribution in [3.05, 3.63) is 41.5 Å². The van der Waals surface area contributed by atoms with E-state index in [-0.39, 0.29) is 5.78 Å². The number of hydrogen-bond acceptors (Lipinski definition) is 1. The van der Waals surface area contributed by atoms with E-state index in [4.69, 9.17) is 0 Å². The van der Waals surface area contributed by atoms with Gasteiger partial charge in [0.1, 0.15) is 0 Å². The van der Waals surface area contributed by atoms with Crippen LogP contribution in [0.1, 0.15) is 28.4 Å². The third kappa shape index (κ3) is 1.45. The van der Waals surface area contributed by atoms with Crippen LogP contribution in [-0.4, -0.2) is 5.78 Å². The van der Waals surface area contributed by atoms with Crippen molar-refractivity contribution in [2.24, 2.45) is 0 Å². The van der Waals surface area contributed by atoms with E-state index in [9.17, 15) is 4.79 Å². The molecular formula is C11H12O. The zero-order valence-electron chi connectivity index (χ0n) is 7.42. The molecule has 0 spiro atoms. The second kappa shape index (κ2) is 3.35. The van der Waals surface area contributed by atoms with E-state index in [2.05, 4.69) is 6.58 Å². The SMILES string of the molecule is C=Cc1cccc(C)c1C(C)=O. The number of benzene rings is 1. The number of Topliss-reactive ketones (excluding diaryl/α,β-unsaturated/α-hetero) is 1. The zero-order valence-corrected chi connectivity index (χ0v) is 7.42. The van der Waals surface area contributed by atoms with Crippen molar-refractivity contribution in [1.29, 1.82) is 0 Å². The van der Waals surface area contributed by atoms with Gasteiger partial charge in [0.15, 0.2) is 5.78 Å². The average Bonchev–Trinajstić information content (AvgIpc) is 2.03. The second-order valence-electron chi connectivity index (χ2n) is 2.80. The van der Waals surface area contributed by atoms with Gasteiger partial charge < -0.3 is 0 Å². The van der Waals surface area contributed by atoms with Crippen molar-refractivity contribution < 1.29 is 4.79 Å². The van der Waals surface area contributed by atoms with E-state index >= 15 is 0 Å². The molecule has 0 unspecified atom stereocenters. The molecule has 1 aromatic carbocycles. The number of aryl methyl sites for hydroxylation is 1. The summed E-state index contributed by atoms with van der Waals surface area (Å²) in [6.45, 7) is 7.18. The quantitative estimate of drug-likeness (QED) is 0.608. The van der Waals surface area contributed by atoms with E-state index in [1.807, 2.05) is 25.1 Å². The Morgan fingerprint density at radius 2 is 2.17 bits per heavy atom. The third-order valence-electron chi connectivity index (χ3n) is 1.88. The molecule has 0 bridgehead atoms. The fraction of sp³-hybridized carbons (Fsp3) is 0.182. The van der Waals surface area contributed by atoms with Crippen LogP contribution in [0.3, 0.4) is 0 Å². The molecular weight excluding hydrogens is 148 g/mol. The Bertz CT molecular complexity index is 324. The smallest absolute Gasteiger partial charge is 0.160 e. The van der Waals surface area contributed by atoms with Gasteiger partial charge in [-0.2, -0.15) is 0 Å². The summed E-state index contributed by atoms with van der Waals surface area (Å²) in [5.74, 6) is 0.100. The van der Waals surface area contributed by atoms with Gasteiger partial charge >= 0.3 is 0 Å². The number of carbonyl (C=O) groups excluding carboxylic acids is 1. The maximum atomic E-state index is 11.2. The molecule has 0 aromatic heterocycles. The van der Waals surface area contributed by atoms with E-state index in [1.165, 1.54) is 0 Å². The molecule has 1 rings (SSSR count). The maximum absolute atomic E-state index is 11.2. The van der Waals surface area contributed by atoms with Crippen molar-refractivity contribution in [3.63, 3.8) is 0 Å². The standard InChI is InChI=1S/C11H12O/c1-4-10-7-5-6-8(2)11(10)9(3)12/h4-7H,1H2,2-3H3. The maximum Gasteiger partial charge on any atom is 0.160 e. The highest BCUT2D eigenvalue weighted by Gasteiger charge is 2.06. The summed E-state index contributed by atoms with van der Waals surface area (Å²) in [5.41, 5.74) is 2.72. The molecule has 0 aliphatic rings. The molecule has 62 valence electrons. The van der Waals surface area contributed by atoms with Crippen LogP contribution in [0.5, 0.6) is 0 Å². The molecule has 0 saturated heterocycles. The van der Waals surface area contributed by atoms with Gasteiger partial charge in [-0.15, -0.1) is 0 Å². The molecule has 0 aliphatic carbocycles. The third-order valence-corrected chi connectivity index (χ3v) is 1.88. The van der Waals surface area contributed by atoms with Gasteiger partial charge in [-0.3, -0.25) is 4.79 Å². The predicted octanol–water partition coefficient (Wildman–Crippen LogP) is 2.84. The molecule has 1 heteroatoms. The van der Waals surface area contributed by atoms with Crippen molar-refractivity contribution in [1.82, 2.24) is 0 Å². The molecule has 0 saturated carbocycles. The van der Waals surface area contributed by atoms with Crippen molar-refractivity contribution in [2.45, 2.75) is 13.8 Å². The first-order valence-corrected chi connectivity index (χ1v) is 3.90. The van der Waals surface area contributed by atoms with E-state index in [0.717, 1.165) is 16.7 Å². The second-order valence-corrected chi connectivity index (χ2v) is 2.80. The summed E-state index contributed by atoms with van der Waals surface area (Å²) in [5, 5.41) is 0. The Balaban J connectivity index is 3.39. The largest absolute Gasteiger partial charge is 0.294 e. The molecule has 0 amide bonds. The summed E-state index contributed by atoms with van der Waals surface area (Å²) in [4.78, 5) is 11.2. The van der Waals surface area contributed by atoms with Gasteiger partial charge in [0.05, 0.1) is 0 Å². The van der Waals surface area contributed by atoms with E-state index < -0.39 is 0 Å². The highest BCUT2D eigenvalue weighted by molar-refractivity contribution is 5.98. The fourth-order valence-corrected chi connectivity index (χ4v) is 1.34. The lowest BCUT2D eigenvalue weighted by molar-refractivity contribution is 0.101. The van der Waals surface area contributed by atoms with Gasteiger partial charge in [-0.25, -0.2) is 0 Å². The number of hydrogen-bond donors (Lipinski definition) is 0. The highest BCUT2D eigenvalue weighted by atomic mass is 16.1. The normalized spacial score (nSPS) is 9.50. The Morgan fingerprint density at radius 1 is 1.50 bits per heavy atom. The monoisotopic (exact) mass is 160 g/mol. The molecule has 0 aliphatic heterocycles. The van der Waals surface area contributed by atoms with Crippen LogP contribution in [0.2, 0.25) is 0 Å². The summed E-state index contributed by atoms with van der Waals surface area (Å²) in [7, 11) is 0. The lowest BCUT2D eigenvalue weighted by atomic mass is 9.99. The lowest BCUT2D eigenvalue weighted by Gasteiger charge is -2.04. The molecule has 0 radical (unpaired) electrons. The molecule has 1 nitrogen and oxygen atoms in total. The number of rotatable bonds is 2. The van der Waals surface area contributed by atoms with Crippen molar-refractivity contribution >= 4 is 11.9 Å². The molecule has 0 fully saturated rings. The first-order chi connectivity index (χ1) is 5.66. The summed E-state index contributed by atoms with van der Waals surface area (Å²) in [6.07, 6.45) is 1.71. The summed E-state index contributed by atoms with van der Waals surface area (Å²) >= 11 is 0. The van der Waals surface area contributed by atoms with Crippen LogP contribution in [0.4, 0.5) is 0 Å². The van der Waals surface area contributed by atoms with Crippen molar-refractivity contribution in [3.8, 4) is 0 Å². The lowest BCUT2D eigenvalue weighted by Crippen LogP contribution is -1.98. The van der Waals surface area contributed by atoms with Crippen LogP contribution in [-0.2, 0) is 0 Å². The molecule has 1 aromatic rings. The number of ketones is 1. The molecule has 0 atom stereocenters. The van der Waals surface area contributed by atoms with Crippen LogP contribution >= 0.6 is 0 Å². The van der Waals surface area contributed by atoms with Crippen LogP contribution in [0.15, 0.2) is 24.8 Å². The van der Waals surface area contributed by atoms with Crippen LogP contribution < -0.4 is 0 Å². The minimum absolute atomic E-state index is 0.100. The molecule has 0 heterocycles. The Kier molecular flexibility index (Phi) is 2.44. The minimum Gasteiger partial charge on any atom is -0.294 e. The first kappa shape index (κ1) is 8.72. The van der Waals surface area contributed by atoms with Gasteiger partial charge in [-0.05, 0) is 25.0 Å². The molecule has 12 heavy (non-hydrogen) atoms. The average molecular weight is 160 g/mol. The summed E-state index contributed by atoms with van der Waals surface area (Å²) in [6, 6.07) is 5.76. The van der Waals surface area contributed by atoms with E-state index in [1.54, 1.807) is 13.0 Å². The Hall–Kier alpha value is -1.37. The zero-order chi connectivity index (χ0) is 9.14. The van der Waals surface area contributed by atoms with Crippen LogP contribution in [0, 0.1) is 6.92 Å². The topological polar surface area (TPSA) is 17.1 Å². The van der Waals surface area contributed by atoms with Gasteiger partial charge in [0.2, 0.25) is 0 Å². The predicted molar refractivity (Wildman–Crippen MR) is 51.3 cm³/mol. The number of carbonyl (C=O) groups is 1. The minimum atomic E-state index is 0.100. The first-order valence-electron chi connectivity index (χ1n) is 3.90. The molecule has 0 N–H and O–H groups in total. The summed E-state index contributed by atoms with van der Waals surface area (Å²) < 4.78 is 0. The Labute approximate surface area is 72.7 Å².